The zero-order valence-electron chi connectivity index (χ0n) is 24.5. The predicted octanol–water partition coefficient (Wildman–Crippen LogP) is 3.92. The minimum absolute atomic E-state index is 0.0276. The molecule has 17 heteroatoms. The summed E-state index contributed by atoms with van der Waals surface area (Å²) >= 11 is 6.00. The van der Waals surface area contributed by atoms with E-state index in [9.17, 15) is 31.2 Å². The van der Waals surface area contributed by atoms with Gasteiger partial charge in [-0.25, -0.2) is 23.1 Å². The van der Waals surface area contributed by atoms with Gasteiger partial charge in [-0.3, -0.25) is 18.8 Å². The van der Waals surface area contributed by atoms with Crippen LogP contribution in [0.25, 0.3) is 10.9 Å². The molecule has 238 valence electrons. The molecule has 1 aromatic carbocycles. The number of carbonyl (C=O) groups excluding carboxylic acids is 1. The number of amides is 1. The smallest absolute Gasteiger partial charge is 0.377 e. The van der Waals surface area contributed by atoms with Crippen LogP contribution in [0.4, 0.5) is 24.8 Å². The van der Waals surface area contributed by atoms with Gasteiger partial charge in [0.15, 0.2) is 11.2 Å². The summed E-state index contributed by atoms with van der Waals surface area (Å²) in [5.74, 6) is -0.713. The Morgan fingerprint density at radius 2 is 1.87 bits per heavy atom. The Labute approximate surface area is 260 Å². The minimum Gasteiger partial charge on any atom is -0.377 e. The SMILES string of the molecule is Cc1cc([C@@H](C)Nc2ccc(Cl)nc2C(=O)NS(C)(=O)=O)c2nc(N3Cc4cnn(C5(C(F)(F)F)CC5)c4C3)n(C)c(=O)c2c1. The van der Waals surface area contributed by atoms with Gasteiger partial charge < -0.3 is 10.2 Å². The first-order chi connectivity index (χ1) is 21.0. The molecule has 1 amide bonds. The van der Waals surface area contributed by atoms with Crippen molar-refractivity contribution in [2.24, 2.45) is 7.05 Å². The number of halogens is 4. The van der Waals surface area contributed by atoms with Gasteiger partial charge in [0.1, 0.15) is 5.15 Å². The summed E-state index contributed by atoms with van der Waals surface area (Å²) in [6.45, 7) is 3.89. The highest BCUT2D eigenvalue weighted by Gasteiger charge is 2.66. The Morgan fingerprint density at radius 1 is 1.16 bits per heavy atom. The Morgan fingerprint density at radius 3 is 2.51 bits per heavy atom. The van der Waals surface area contributed by atoms with Crippen LogP contribution in [-0.4, -0.2) is 51.1 Å². The van der Waals surface area contributed by atoms with Crippen LogP contribution in [-0.2, 0) is 35.7 Å². The number of sulfonamides is 1. The van der Waals surface area contributed by atoms with E-state index in [0.717, 1.165) is 16.5 Å². The molecule has 6 rings (SSSR count). The van der Waals surface area contributed by atoms with Crippen LogP contribution in [0.1, 0.15) is 58.7 Å². The lowest BCUT2D eigenvalue weighted by Gasteiger charge is -2.24. The Bertz CT molecular complexity index is 2060. The zero-order valence-corrected chi connectivity index (χ0v) is 26.1. The van der Waals surface area contributed by atoms with Crippen LogP contribution in [0.5, 0.6) is 0 Å². The summed E-state index contributed by atoms with van der Waals surface area (Å²) < 4.78 is 69.5. The molecular formula is C28H28ClF3N8O4S. The number of carbonyl (C=O) groups is 1. The van der Waals surface area contributed by atoms with Crippen molar-refractivity contribution in [2.45, 2.75) is 57.5 Å². The topological polar surface area (TPSA) is 144 Å². The van der Waals surface area contributed by atoms with Crippen LogP contribution < -0.4 is 20.5 Å². The van der Waals surface area contributed by atoms with Crippen LogP contribution in [0, 0.1) is 6.92 Å². The third kappa shape index (κ3) is 5.39. The summed E-state index contributed by atoms with van der Waals surface area (Å²) in [5, 5.41) is 7.54. The van der Waals surface area contributed by atoms with Crippen molar-refractivity contribution < 1.29 is 26.4 Å². The molecule has 0 unspecified atom stereocenters. The van der Waals surface area contributed by atoms with E-state index in [-0.39, 0.29) is 54.0 Å². The van der Waals surface area contributed by atoms with Crippen LogP contribution in [0.15, 0.2) is 35.3 Å². The van der Waals surface area contributed by atoms with E-state index < -0.39 is 33.7 Å². The van der Waals surface area contributed by atoms with Crippen molar-refractivity contribution in [3.8, 4) is 0 Å². The Kier molecular flexibility index (Phi) is 7.15. The fourth-order valence-corrected chi connectivity index (χ4v) is 6.38. The van der Waals surface area contributed by atoms with Crippen LogP contribution in [0.2, 0.25) is 5.15 Å². The lowest BCUT2D eigenvalue weighted by molar-refractivity contribution is -0.183. The number of hydrogen-bond donors (Lipinski definition) is 2. The normalized spacial score (nSPS) is 16.5. The third-order valence-electron chi connectivity index (χ3n) is 8.12. The second kappa shape index (κ2) is 10.4. The van der Waals surface area contributed by atoms with Crippen molar-refractivity contribution >= 4 is 50.1 Å². The molecule has 3 aromatic heterocycles. The number of benzene rings is 1. The van der Waals surface area contributed by atoms with Crippen molar-refractivity contribution in [1.29, 1.82) is 0 Å². The molecule has 2 aliphatic rings. The number of aromatic nitrogens is 5. The number of hydrogen-bond acceptors (Lipinski definition) is 9. The molecule has 0 spiro atoms. The van der Waals surface area contributed by atoms with Crippen molar-refractivity contribution in [3.05, 3.63) is 74.0 Å². The molecule has 1 aliphatic carbocycles. The van der Waals surface area contributed by atoms with E-state index in [4.69, 9.17) is 16.6 Å². The molecule has 0 radical (unpaired) electrons. The molecule has 1 atom stereocenters. The summed E-state index contributed by atoms with van der Waals surface area (Å²) in [6, 6.07) is 5.86. The average Bonchev–Trinajstić information content (AvgIpc) is 3.51. The highest BCUT2D eigenvalue weighted by molar-refractivity contribution is 7.89. The van der Waals surface area contributed by atoms with E-state index >= 15 is 0 Å². The molecular weight excluding hydrogens is 637 g/mol. The van der Waals surface area contributed by atoms with E-state index in [1.165, 1.54) is 22.9 Å². The highest BCUT2D eigenvalue weighted by Crippen LogP contribution is 2.56. The number of nitrogens with one attached hydrogen (secondary N) is 2. The first-order valence-electron chi connectivity index (χ1n) is 13.8. The molecule has 2 N–H and O–H groups in total. The Balaban J connectivity index is 1.38. The van der Waals surface area contributed by atoms with Crippen molar-refractivity contribution in [2.75, 3.05) is 16.5 Å². The van der Waals surface area contributed by atoms with Crippen LogP contribution >= 0.6 is 11.6 Å². The van der Waals surface area contributed by atoms with Crippen LogP contribution in [0.3, 0.4) is 0 Å². The first-order valence-corrected chi connectivity index (χ1v) is 16.1. The molecule has 4 heterocycles. The number of fused-ring (bicyclic) bond motifs is 2. The maximum absolute atomic E-state index is 13.9. The van der Waals surface area contributed by atoms with Gasteiger partial charge in [-0.15, -0.1) is 0 Å². The lowest BCUT2D eigenvalue weighted by atomic mass is 10.0. The Hall–Kier alpha value is -4.18. The third-order valence-corrected chi connectivity index (χ3v) is 8.89. The van der Waals surface area contributed by atoms with Gasteiger partial charge >= 0.3 is 6.18 Å². The van der Waals surface area contributed by atoms with Gasteiger partial charge in [0.05, 0.1) is 47.3 Å². The molecule has 1 saturated carbocycles. The molecule has 45 heavy (non-hydrogen) atoms. The monoisotopic (exact) mass is 664 g/mol. The summed E-state index contributed by atoms with van der Waals surface area (Å²) in [5.41, 5.74) is 0.362. The van der Waals surface area contributed by atoms with Crippen molar-refractivity contribution in [1.82, 2.24) is 29.0 Å². The van der Waals surface area contributed by atoms with Gasteiger partial charge in [-0.1, -0.05) is 17.7 Å². The average molecular weight is 665 g/mol. The second-order valence-electron chi connectivity index (χ2n) is 11.5. The van der Waals surface area contributed by atoms with Gasteiger partial charge in [-0.05, 0) is 50.5 Å². The fraction of sp³-hybridized carbons (Fsp3) is 0.393. The maximum Gasteiger partial charge on any atom is 0.413 e. The standard InChI is InChI=1S/C28H28ClF3N8O4S/c1-14-9-17(15(2)34-19-5-6-21(29)35-23(19)24(41)37-45(4,43)44)22-18(10-14)25(42)38(3)26(36-22)39-12-16-11-33-40(20(16)13-39)27(7-8-27)28(30,31)32/h5-6,9-11,15,34H,7-8,12-13H2,1-4H3,(H,37,41)/t15-/m1/s1. The number of alkyl halides is 3. The number of nitrogens with zero attached hydrogens (tertiary/aromatic N) is 6. The van der Waals surface area contributed by atoms with E-state index in [1.807, 2.05) is 17.7 Å². The fourth-order valence-electron chi connectivity index (χ4n) is 5.80. The second-order valence-corrected chi connectivity index (χ2v) is 13.7. The summed E-state index contributed by atoms with van der Waals surface area (Å²) in [4.78, 5) is 37.0. The van der Waals surface area contributed by atoms with E-state index in [2.05, 4.69) is 15.4 Å². The van der Waals surface area contributed by atoms with Gasteiger partial charge in [0.25, 0.3) is 11.5 Å². The lowest BCUT2D eigenvalue weighted by Crippen LogP contribution is -2.37. The first kappa shape index (κ1) is 30.8. The van der Waals surface area contributed by atoms with Gasteiger partial charge in [0.2, 0.25) is 16.0 Å². The highest BCUT2D eigenvalue weighted by atomic mass is 35.5. The molecule has 0 bridgehead atoms. The molecule has 1 fully saturated rings. The predicted molar refractivity (Wildman–Crippen MR) is 161 cm³/mol. The van der Waals surface area contributed by atoms with E-state index in [1.54, 1.807) is 24.9 Å². The van der Waals surface area contributed by atoms with Gasteiger partial charge in [-0.2, -0.15) is 18.3 Å². The largest absolute Gasteiger partial charge is 0.413 e. The zero-order chi connectivity index (χ0) is 32.6. The number of anilines is 2. The summed E-state index contributed by atoms with van der Waals surface area (Å²) in [7, 11) is -2.33. The minimum atomic E-state index is -4.44. The molecule has 4 aromatic rings. The number of aryl methyl sites for hydroxylation is 1. The molecule has 12 nitrogen and oxygen atoms in total. The summed E-state index contributed by atoms with van der Waals surface area (Å²) in [6.07, 6.45) is -2.23. The van der Waals surface area contributed by atoms with Gasteiger partial charge in [0, 0.05) is 24.7 Å². The molecule has 1 aliphatic heterocycles. The molecule has 0 saturated heterocycles. The quantitative estimate of drug-likeness (QED) is 0.281. The number of rotatable bonds is 7. The van der Waals surface area contributed by atoms with Crippen molar-refractivity contribution in [3.63, 3.8) is 0 Å². The maximum atomic E-state index is 13.9. The van der Waals surface area contributed by atoms with E-state index in [0.29, 0.717) is 27.7 Å². The number of pyridine rings is 1.